The zero-order chi connectivity index (χ0) is 11.2. The Morgan fingerprint density at radius 3 is 2.43 bits per heavy atom. The summed E-state index contributed by atoms with van der Waals surface area (Å²) >= 11 is 0. The highest BCUT2D eigenvalue weighted by Gasteiger charge is 2.23. The van der Waals surface area contributed by atoms with Gasteiger partial charge in [0.05, 0.1) is 6.61 Å². The molecule has 2 unspecified atom stereocenters. The summed E-state index contributed by atoms with van der Waals surface area (Å²) in [5.74, 6) is 0. The van der Waals surface area contributed by atoms with E-state index in [2.05, 4.69) is 32.7 Å². The van der Waals surface area contributed by atoms with E-state index in [1.807, 2.05) is 0 Å². The van der Waals surface area contributed by atoms with Crippen LogP contribution in [0.2, 0.25) is 0 Å². The molecule has 0 aliphatic carbocycles. The predicted octanol–water partition coefficient (Wildman–Crippen LogP) is 1.33. The van der Waals surface area contributed by atoms with Gasteiger partial charge in [0.1, 0.15) is 0 Å². The molecule has 3 heteroatoms. The lowest BCUT2D eigenvalue weighted by Crippen LogP contribution is -2.43. The van der Waals surface area contributed by atoms with Crippen molar-refractivity contribution in [2.75, 3.05) is 33.9 Å². The maximum atomic E-state index is 5.78. The summed E-state index contributed by atoms with van der Waals surface area (Å²) in [4.78, 5) is 2.32. The Bertz CT molecular complexity index is 146. The van der Waals surface area contributed by atoms with Crippen LogP contribution in [0.5, 0.6) is 0 Å². The van der Waals surface area contributed by atoms with Gasteiger partial charge in [-0.3, -0.25) is 0 Å². The fraction of sp³-hybridized carbons (Fsp3) is 1.00. The first kappa shape index (κ1) is 13.9. The van der Waals surface area contributed by atoms with Gasteiger partial charge in [0.2, 0.25) is 0 Å². The third-order valence-corrected chi connectivity index (χ3v) is 3.14. The van der Waals surface area contributed by atoms with Crippen molar-refractivity contribution in [3.63, 3.8) is 0 Å². The van der Waals surface area contributed by atoms with Crippen LogP contribution in [0.4, 0.5) is 0 Å². The Kier molecular flexibility index (Phi) is 6.33. The van der Waals surface area contributed by atoms with Gasteiger partial charge in [-0.05, 0) is 32.4 Å². The quantitative estimate of drug-likeness (QED) is 0.677. The molecule has 3 nitrogen and oxygen atoms in total. The van der Waals surface area contributed by atoms with E-state index in [1.54, 1.807) is 7.11 Å². The molecule has 0 bridgehead atoms. The van der Waals surface area contributed by atoms with Crippen LogP contribution in [0, 0.1) is 5.41 Å². The summed E-state index contributed by atoms with van der Waals surface area (Å²) in [5, 5.41) is 0. The van der Waals surface area contributed by atoms with E-state index in [-0.39, 0.29) is 5.41 Å². The van der Waals surface area contributed by atoms with Crippen molar-refractivity contribution < 1.29 is 4.74 Å². The predicted molar refractivity (Wildman–Crippen MR) is 61.4 cm³/mol. The van der Waals surface area contributed by atoms with Crippen LogP contribution < -0.4 is 5.73 Å². The zero-order valence-electron chi connectivity index (χ0n) is 10.3. The van der Waals surface area contributed by atoms with E-state index in [9.17, 15) is 0 Å². The van der Waals surface area contributed by atoms with Crippen molar-refractivity contribution in [3.05, 3.63) is 0 Å². The monoisotopic (exact) mass is 202 g/mol. The third-order valence-electron chi connectivity index (χ3n) is 3.14. The molecular weight excluding hydrogens is 176 g/mol. The minimum absolute atomic E-state index is 0.233. The fourth-order valence-electron chi connectivity index (χ4n) is 1.45. The fourth-order valence-corrected chi connectivity index (χ4v) is 1.45. The van der Waals surface area contributed by atoms with E-state index in [0.717, 1.165) is 26.1 Å². The minimum Gasteiger partial charge on any atom is -0.383 e. The highest BCUT2D eigenvalue weighted by Crippen LogP contribution is 2.21. The van der Waals surface area contributed by atoms with E-state index < -0.39 is 0 Å². The summed E-state index contributed by atoms with van der Waals surface area (Å²) in [6, 6.07) is 0.456. The Labute approximate surface area is 88.6 Å². The second-order valence-corrected chi connectivity index (χ2v) is 4.59. The van der Waals surface area contributed by atoms with Gasteiger partial charge < -0.3 is 15.4 Å². The van der Waals surface area contributed by atoms with Crippen LogP contribution in [0.25, 0.3) is 0 Å². The Balaban J connectivity index is 4.07. The Morgan fingerprint density at radius 1 is 1.50 bits per heavy atom. The second kappa shape index (κ2) is 6.38. The average molecular weight is 202 g/mol. The zero-order valence-corrected chi connectivity index (χ0v) is 10.3. The van der Waals surface area contributed by atoms with Crippen LogP contribution in [0.15, 0.2) is 0 Å². The van der Waals surface area contributed by atoms with Gasteiger partial charge in [0, 0.05) is 19.7 Å². The first-order chi connectivity index (χ1) is 6.49. The van der Waals surface area contributed by atoms with E-state index in [1.165, 1.54) is 0 Å². The average Bonchev–Trinajstić information content (AvgIpc) is 2.18. The van der Waals surface area contributed by atoms with E-state index in [0.29, 0.717) is 6.04 Å². The molecule has 0 saturated heterocycles. The number of likely N-dealkylation sites (N-methyl/N-ethyl adjacent to an activating group) is 1. The van der Waals surface area contributed by atoms with Gasteiger partial charge in [-0.15, -0.1) is 0 Å². The third kappa shape index (κ3) is 4.40. The first-order valence-electron chi connectivity index (χ1n) is 5.38. The minimum atomic E-state index is 0.233. The normalized spacial score (nSPS) is 18.2. The van der Waals surface area contributed by atoms with Crippen LogP contribution in [-0.4, -0.2) is 44.8 Å². The topological polar surface area (TPSA) is 38.5 Å². The molecule has 0 saturated carbocycles. The van der Waals surface area contributed by atoms with Crippen LogP contribution >= 0.6 is 0 Å². The second-order valence-electron chi connectivity index (χ2n) is 4.59. The highest BCUT2D eigenvalue weighted by molar-refractivity contribution is 4.78. The molecule has 0 aromatic rings. The SMILES string of the molecule is CCC(C)(CN)CN(C)C(C)COC. The molecule has 2 atom stereocenters. The molecule has 0 aliphatic rings. The maximum Gasteiger partial charge on any atom is 0.0615 e. The van der Waals surface area contributed by atoms with Crippen LogP contribution in [-0.2, 0) is 4.74 Å². The van der Waals surface area contributed by atoms with Gasteiger partial charge >= 0.3 is 0 Å². The van der Waals surface area contributed by atoms with Gasteiger partial charge in [-0.1, -0.05) is 13.8 Å². The summed E-state index contributed by atoms with van der Waals surface area (Å²) in [6.07, 6.45) is 1.12. The number of hydrogen-bond acceptors (Lipinski definition) is 3. The standard InChI is InChI=1S/C11H26N2O/c1-6-11(3,8-12)9-13(4)10(2)7-14-5/h10H,6-9,12H2,1-5H3. The van der Waals surface area contributed by atoms with Gasteiger partial charge in [0.25, 0.3) is 0 Å². The molecule has 0 aromatic carbocycles. The van der Waals surface area contributed by atoms with Crippen LogP contribution in [0.1, 0.15) is 27.2 Å². The molecule has 2 N–H and O–H groups in total. The van der Waals surface area contributed by atoms with Gasteiger partial charge in [-0.25, -0.2) is 0 Å². The van der Waals surface area contributed by atoms with Crippen molar-refractivity contribution in [1.82, 2.24) is 4.90 Å². The summed E-state index contributed by atoms with van der Waals surface area (Å²) in [7, 11) is 3.87. The molecule has 0 spiro atoms. The summed E-state index contributed by atoms with van der Waals surface area (Å²) < 4.78 is 5.13. The summed E-state index contributed by atoms with van der Waals surface area (Å²) in [5.41, 5.74) is 6.01. The lowest BCUT2D eigenvalue weighted by molar-refractivity contribution is 0.0864. The first-order valence-corrected chi connectivity index (χ1v) is 5.38. The number of ether oxygens (including phenoxy) is 1. The molecule has 86 valence electrons. The van der Waals surface area contributed by atoms with Crippen molar-refractivity contribution in [1.29, 1.82) is 0 Å². The molecule has 14 heavy (non-hydrogen) atoms. The Hall–Kier alpha value is -0.120. The molecule has 0 aliphatic heterocycles. The number of nitrogens with two attached hydrogens (primary N) is 1. The largest absolute Gasteiger partial charge is 0.383 e. The molecular formula is C11H26N2O. The number of rotatable bonds is 7. The van der Waals surface area contributed by atoms with Crippen LogP contribution in [0.3, 0.4) is 0 Å². The molecule has 0 heterocycles. The lowest BCUT2D eigenvalue weighted by atomic mass is 9.87. The van der Waals surface area contributed by atoms with Crippen molar-refractivity contribution >= 4 is 0 Å². The molecule has 0 radical (unpaired) electrons. The number of methoxy groups -OCH3 is 1. The lowest BCUT2D eigenvalue weighted by Gasteiger charge is -2.34. The highest BCUT2D eigenvalue weighted by atomic mass is 16.5. The van der Waals surface area contributed by atoms with E-state index >= 15 is 0 Å². The summed E-state index contributed by atoms with van der Waals surface area (Å²) in [6.45, 7) is 9.17. The molecule has 0 fully saturated rings. The number of nitrogens with zero attached hydrogens (tertiary/aromatic N) is 1. The van der Waals surface area contributed by atoms with Crippen molar-refractivity contribution in [3.8, 4) is 0 Å². The molecule has 0 amide bonds. The van der Waals surface area contributed by atoms with Crippen molar-refractivity contribution in [2.45, 2.75) is 33.2 Å². The number of hydrogen-bond donors (Lipinski definition) is 1. The molecule has 0 rings (SSSR count). The Morgan fingerprint density at radius 2 is 2.07 bits per heavy atom. The van der Waals surface area contributed by atoms with Crippen molar-refractivity contribution in [2.24, 2.45) is 11.1 Å². The smallest absolute Gasteiger partial charge is 0.0615 e. The molecule has 0 aromatic heterocycles. The maximum absolute atomic E-state index is 5.78. The van der Waals surface area contributed by atoms with Gasteiger partial charge in [0.15, 0.2) is 0 Å². The van der Waals surface area contributed by atoms with Gasteiger partial charge in [-0.2, -0.15) is 0 Å². The van der Waals surface area contributed by atoms with E-state index in [4.69, 9.17) is 10.5 Å².